The Morgan fingerprint density at radius 2 is 1.62 bits per heavy atom. The molecular weight excluding hydrogens is 201 g/mol. The van der Waals surface area contributed by atoms with Gasteiger partial charge in [-0.2, -0.15) is 25.8 Å². The summed E-state index contributed by atoms with van der Waals surface area (Å²) in [7, 11) is 0. The molecule has 0 aromatic rings. The van der Waals surface area contributed by atoms with Gasteiger partial charge in [0.2, 0.25) is 5.78 Å². The molecule has 0 aliphatic heterocycles. The molecule has 0 radical (unpaired) electrons. The lowest BCUT2D eigenvalue weighted by atomic mass is 10.1. The Kier molecular flexibility index (Phi) is 6.20. The third kappa shape index (κ3) is 6.93. The Bertz CT molecular complexity index is 156. The van der Waals surface area contributed by atoms with E-state index in [1.807, 2.05) is 0 Å². The number of thiol groups is 1. The molecule has 0 heterocycles. The zero-order valence-corrected chi connectivity index (χ0v) is 8.13. The van der Waals surface area contributed by atoms with Crippen LogP contribution in [0.5, 0.6) is 0 Å². The van der Waals surface area contributed by atoms with Crippen LogP contribution in [0.15, 0.2) is 0 Å². The SMILES string of the molecule is O=C(CCCCCCS)C(F)(F)F. The first-order valence-corrected chi connectivity index (χ1v) is 4.82. The van der Waals surface area contributed by atoms with Crippen molar-refractivity contribution in [3.63, 3.8) is 0 Å². The molecule has 5 heteroatoms. The molecule has 0 rings (SSSR count). The fraction of sp³-hybridized carbons (Fsp3) is 0.875. The number of halogens is 3. The van der Waals surface area contributed by atoms with Gasteiger partial charge in [-0.05, 0) is 18.6 Å². The summed E-state index contributed by atoms with van der Waals surface area (Å²) < 4.78 is 35.0. The lowest BCUT2D eigenvalue weighted by molar-refractivity contribution is -0.171. The summed E-state index contributed by atoms with van der Waals surface area (Å²) in [5.74, 6) is -0.869. The van der Waals surface area contributed by atoms with Gasteiger partial charge in [-0.1, -0.05) is 12.8 Å². The van der Waals surface area contributed by atoms with Crippen molar-refractivity contribution >= 4 is 18.4 Å². The molecule has 0 aromatic heterocycles. The summed E-state index contributed by atoms with van der Waals surface area (Å²) >= 11 is 3.96. The number of ketones is 1. The number of carbonyl (C=O) groups is 1. The molecule has 0 bridgehead atoms. The molecule has 0 spiro atoms. The number of Topliss-reactive ketones (excluding diaryl/α,β-unsaturated/α-hetero) is 1. The minimum Gasteiger partial charge on any atom is -0.290 e. The second-order valence-electron chi connectivity index (χ2n) is 2.81. The van der Waals surface area contributed by atoms with E-state index in [-0.39, 0.29) is 6.42 Å². The van der Waals surface area contributed by atoms with Crippen LogP contribution in [-0.2, 0) is 4.79 Å². The zero-order valence-electron chi connectivity index (χ0n) is 7.23. The highest BCUT2D eigenvalue weighted by atomic mass is 32.1. The molecule has 0 unspecified atom stereocenters. The van der Waals surface area contributed by atoms with E-state index in [9.17, 15) is 18.0 Å². The molecule has 0 aliphatic carbocycles. The van der Waals surface area contributed by atoms with E-state index in [1.165, 1.54) is 0 Å². The predicted octanol–water partition coefficient (Wildman–Crippen LogP) is 3.00. The van der Waals surface area contributed by atoms with Gasteiger partial charge in [0.1, 0.15) is 0 Å². The Balaban J connectivity index is 3.38. The van der Waals surface area contributed by atoms with Crippen molar-refractivity contribution in [3.8, 4) is 0 Å². The summed E-state index contributed by atoms with van der Waals surface area (Å²) in [6, 6.07) is 0. The van der Waals surface area contributed by atoms with Crippen LogP contribution >= 0.6 is 12.6 Å². The quantitative estimate of drug-likeness (QED) is 0.531. The minimum absolute atomic E-state index is 0.326. The molecule has 0 N–H and O–H groups in total. The largest absolute Gasteiger partial charge is 0.449 e. The van der Waals surface area contributed by atoms with Crippen LogP contribution in [0, 0.1) is 0 Å². The molecule has 78 valence electrons. The predicted molar refractivity (Wildman–Crippen MR) is 48.0 cm³/mol. The molecule has 0 aromatic carbocycles. The van der Waals surface area contributed by atoms with Crippen LogP contribution < -0.4 is 0 Å². The number of hydrogen-bond donors (Lipinski definition) is 1. The molecule has 1 nitrogen and oxygen atoms in total. The topological polar surface area (TPSA) is 17.1 Å². The molecular formula is C8H13F3OS. The van der Waals surface area contributed by atoms with Crippen molar-refractivity contribution in [2.75, 3.05) is 5.75 Å². The van der Waals surface area contributed by atoms with E-state index in [0.717, 1.165) is 18.6 Å². The highest BCUT2D eigenvalue weighted by Crippen LogP contribution is 2.19. The van der Waals surface area contributed by atoms with Crippen LogP contribution in [-0.4, -0.2) is 17.7 Å². The second-order valence-corrected chi connectivity index (χ2v) is 3.26. The highest BCUT2D eigenvalue weighted by molar-refractivity contribution is 7.80. The van der Waals surface area contributed by atoms with Gasteiger partial charge in [0.25, 0.3) is 0 Å². The molecule has 0 atom stereocenters. The van der Waals surface area contributed by atoms with Crippen LogP contribution in [0.4, 0.5) is 13.2 Å². The molecule has 0 aliphatic rings. The van der Waals surface area contributed by atoms with Gasteiger partial charge in [0, 0.05) is 6.42 Å². The summed E-state index contributed by atoms with van der Waals surface area (Å²) in [4.78, 5) is 10.4. The van der Waals surface area contributed by atoms with Crippen molar-refractivity contribution in [3.05, 3.63) is 0 Å². The van der Waals surface area contributed by atoms with E-state index in [2.05, 4.69) is 12.6 Å². The minimum atomic E-state index is -4.65. The number of hydrogen-bond acceptors (Lipinski definition) is 2. The molecule has 0 saturated heterocycles. The van der Waals surface area contributed by atoms with Crippen molar-refractivity contribution in [2.45, 2.75) is 38.3 Å². The van der Waals surface area contributed by atoms with Gasteiger partial charge in [-0.15, -0.1) is 0 Å². The normalized spacial score (nSPS) is 11.7. The lowest BCUT2D eigenvalue weighted by Gasteiger charge is -2.04. The maximum Gasteiger partial charge on any atom is 0.449 e. The van der Waals surface area contributed by atoms with Crippen LogP contribution in [0.3, 0.4) is 0 Å². The highest BCUT2D eigenvalue weighted by Gasteiger charge is 2.36. The molecule has 0 fully saturated rings. The Labute approximate surface area is 81.1 Å². The van der Waals surface area contributed by atoms with Gasteiger partial charge in [0.15, 0.2) is 0 Å². The van der Waals surface area contributed by atoms with Gasteiger partial charge in [-0.25, -0.2) is 0 Å². The number of alkyl halides is 3. The maximum atomic E-state index is 11.7. The zero-order chi connectivity index (χ0) is 10.3. The van der Waals surface area contributed by atoms with E-state index in [4.69, 9.17) is 0 Å². The van der Waals surface area contributed by atoms with Crippen LogP contribution in [0.1, 0.15) is 32.1 Å². The van der Waals surface area contributed by atoms with Gasteiger partial charge in [0.05, 0.1) is 0 Å². The number of rotatable bonds is 6. The summed E-state index contributed by atoms with van der Waals surface area (Å²) in [6.45, 7) is 0. The first-order chi connectivity index (χ1) is 5.98. The van der Waals surface area contributed by atoms with E-state index in [0.29, 0.717) is 12.8 Å². The standard InChI is InChI=1S/C8H13F3OS/c9-8(10,11)7(12)5-3-1-2-4-6-13/h13H,1-6H2. The number of carbonyl (C=O) groups excluding carboxylic acids is 1. The monoisotopic (exact) mass is 214 g/mol. The molecule has 13 heavy (non-hydrogen) atoms. The summed E-state index contributed by atoms with van der Waals surface area (Å²) in [5, 5.41) is 0. The third-order valence-corrected chi connectivity index (χ3v) is 1.94. The Hall–Kier alpha value is -0.190. The van der Waals surface area contributed by atoms with Gasteiger partial charge < -0.3 is 0 Å². The van der Waals surface area contributed by atoms with Crippen molar-refractivity contribution in [1.82, 2.24) is 0 Å². The van der Waals surface area contributed by atoms with E-state index in [1.54, 1.807) is 0 Å². The van der Waals surface area contributed by atoms with Crippen molar-refractivity contribution in [1.29, 1.82) is 0 Å². The lowest BCUT2D eigenvalue weighted by Crippen LogP contribution is -2.22. The van der Waals surface area contributed by atoms with Crippen molar-refractivity contribution < 1.29 is 18.0 Å². The van der Waals surface area contributed by atoms with Crippen molar-refractivity contribution in [2.24, 2.45) is 0 Å². The van der Waals surface area contributed by atoms with Crippen LogP contribution in [0.2, 0.25) is 0 Å². The van der Waals surface area contributed by atoms with E-state index >= 15 is 0 Å². The smallest absolute Gasteiger partial charge is 0.290 e. The third-order valence-electron chi connectivity index (χ3n) is 1.63. The fourth-order valence-electron chi connectivity index (χ4n) is 0.893. The summed E-state index contributed by atoms with van der Waals surface area (Å²) in [6.07, 6.45) is -2.30. The first-order valence-electron chi connectivity index (χ1n) is 4.19. The van der Waals surface area contributed by atoms with Gasteiger partial charge >= 0.3 is 6.18 Å². The average Bonchev–Trinajstić information content (AvgIpc) is 2.02. The molecule has 0 amide bonds. The summed E-state index contributed by atoms with van der Waals surface area (Å²) in [5.41, 5.74) is 0. The molecule has 0 saturated carbocycles. The Morgan fingerprint density at radius 1 is 1.08 bits per heavy atom. The van der Waals surface area contributed by atoms with Crippen LogP contribution in [0.25, 0.3) is 0 Å². The fourth-order valence-corrected chi connectivity index (χ4v) is 1.12. The number of unbranched alkanes of at least 4 members (excludes halogenated alkanes) is 3. The van der Waals surface area contributed by atoms with Gasteiger partial charge in [-0.3, -0.25) is 4.79 Å². The average molecular weight is 214 g/mol. The van der Waals surface area contributed by atoms with E-state index < -0.39 is 12.0 Å². The first kappa shape index (κ1) is 12.8. The Morgan fingerprint density at radius 3 is 2.08 bits per heavy atom. The second kappa shape index (κ2) is 6.29. The maximum absolute atomic E-state index is 11.7.